The zero-order chi connectivity index (χ0) is 17.6. The SMILES string of the molecule is O=C(c1ccccc1)c1ccc(OCC(=O)c2ccccc2Cl)cc1. The fourth-order valence-electron chi connectivity index (χ4n) is 2.37. The van der Waals surface area contributed by atoms with Crippen LogP contribution in [0.5, 0.6) is 5.75 Å². The molecule has 0 N–H and O–H groups in total. The molecule has 0 spiro atoms. The Kier molecular flexibility index (Phi) is 5.26. The highest BCUT2D eigenvalue weighted by Gasteiger charge is 2.11. The predicted octanol–water partition coefficient (Wildman–Crippen LogP) is 4.83. The summed E-state index contributed by atoms with van der Waals surface area (Å²) in [6, 6.07) is 22.6. The largest absolute Gasteiger partial charge is 0.485 e. The van der Waals surface area contributed by atoms with Crippen LogP contribution in [0.1, 0.15) is 26.3 Å². The van der Waals surface area contributed by atoms with E-state index < -0.39 is 0 Å². The summed E-state index contributed by atoms with van der Waals surface area (Å²) < 4.78 is 5.50. The van der Waals surface area contributed by atoms with Crippen molar-refractivity contribution < 1.29 is 14.3 Å². The molecule has 0 fully saturated rings. The summed E-state index contributed by atoms with van der Waals surface area (Å²) in [6.45, 7) is -0.115. The number of carbonyl (C=O) groups is 2. The second-order valence-corrected chi connectivity index (χ2v) is 5.82. The second-order valence-electron chi connectivity index (χ2n) is 5.41. The van der Waals surface area contributed by atoms with Crippen LogP contribution < -0.4 is 4.74 Å². The Morgan fingerprint density at radius 2 is 1.36 bits per heavy atom. The Bertz CT molecular complexity index is 887. The summed E-state index contributed by atoms with van der Waals surface area (Å²) >= 11 is 6.00. The lowest BCUT2D eigenvalue weighted by atomic mass is 10.0. The average Bonchev–Trinajstić information content (AvgIpc) is 2.67. The predicted molar refractivity (Wildman–Crippen MR) is 97.6 cm³/mol. The molecular formula is C21H15ClO3. The Morgan fingerprint density at radius 1 is 0.760 bits per heavy atom. The summed E-state index contributed by atoms with van der Waals surface area (Å²) in [6.07, 6.45) is 0. The molecule has 0 aromatic heterocycles. The van der Waals surface area contributed by atoms with Crippen LogP contribution in [-0.2, 0) is 0 Å². The highest BCUT2D eigenvalue weighted by Crippen LogP contribution is 2.18. The molecule has 0 atom stereocenters. The highest BCUT2D eigenvalue weighted by molar-refractivity contribution is 6.34. The van der Waals surface area contributed by atoms with E-state index in [9.17, 15) is 9.59 Å². The van der Waals surface area contributed by atoms with Gasteiger partial charge in [-0.2, -0.15) is 0 Å². The van der Waals surface area contributed by atoms with E-state index >= 15 is 0 Å². The molecule has 3 rings (SSSR count). The zero-order valence-electron chi connectivity index (χ0n) is 13.3. The number of hydrogen-bond donors (Lipinski definition) is 0. The van der Waals surface area contributed by atoms with E-state index in [-0.39, 0.29) is 18.2 Å². The van der Waals surface area contributed by atoms with Crippen LogP contribution in [0, 0.1) is 0 Å². The van der Waals surface area contributed by atoms with Gasteiger partial charge in [-0.1, -0.05) is 54.1 Å². The van der Waals surface area contributed by atoms with Crippen molar-refractivity contribution >= 4 is 23.2 Å². The fourth-order valence-corrected chi connectivity index (χ4v) is 2.61. The molecule has 0 unspecified atom stereocenters. The summed E-state index contributed by atoms with van der Waals surface area (Å²) in [4.78, 5) is 24.5. The minimum absolute atomic E-state index is 0.0562. The zero-order valence-corrected chi connectivity index (χ0v) is 14.1. The van der Waals surface area contributed by atoms with Gasteiger partial charge in [0.1, 0.15) is 5.75 Å². The minimum Gasteiger partial charge on any atom is -0.485 e. The minimum atomic E-state index is -0.199. The van der Waals surface area contributed by atoms with Gasteiger partial charge in [0.15, 0.2) is 12.4 Å². The lowest BCUT2D eigenvalue weighted by Gasteiger charge is -2.07. The van der Waals surface area contributed by atoms with Crippen molar-refractivity contribution in [1.29, 1.82) is 0 Å². The van der Waals surface area contributed by atoms with Gasteiger partial charge in [-0.05, 0) is 36.4 Å². The molecular weight excluding hydrogens is 336 g/mol. The third-order valence-corrected chi connectivity index (χ3v) is 4.03. The van der Waals surface area contributed by atoms with Crippen LogP contribution in [0.15, 0.2) is 78.9 Å². The average molecular weight is 351 g/mol. The molecule has 0 bridgehead atoms. The lowest BCUT2D eigenvalue weighted by molar-refractivity contribution is 0.0921. The van der Waals surface area contributed by atoms with Crippen LogP contribution in [-0.4, -0.2) is 18.2 Å². The first kappa shape index (κ1) is 16.9. The first-order valence-corrected chi connectivity index (χ1v) is 8.13. The molecule has 25 heavy (non-hydrogen) atoms. The maximum Gasteiger partial charge on any atom is 0.201 e. The molecule has 4 heteroatoms. The Morgan fingerprint density at radius 3 is 2.04 bits per heavy atom. The van der Waals surface area contributed by atoms with Crippen LogP contribution >= 0.6 is 11.6 Å². The maximum absolute atomic E-state index is 12.3. The van der Waals surface area contributed by atoms with Crippen molar-refractivity contribution in [3.8, 4) is 5.75 Å². The second kappa shape index (κ2) is 7.77. The number of carbonyl (C=O) groups excluding carboxylic acids is 2. The third kappa shape index (κ3) is 4.14. The van der Waals surface area contributed by atoms with E-state index in [1.54, 1.807) is 60.7 Å². The topological polar surface area (TPSA) is 43.4 Å². The van der Waals surface area contributed by atoms with Crippen LogP contribution in [0.3, 0.4) is 0 Å². The molecule has 0 radical (unpaired) electrons. The summed E-state index contributed by atoms with van der Waals surface area (Å²) in [5.41, 5.74) is 1.63. The number of hydrogen-bond acceptors (Lipinski definition) is 3. The van der Waals surface area contributed by atoms with Crippen molar-refractivity contribution in [1.82, 2.24) is 0 Å². The number of ketones is 2. The Hall–Kier alpha value is -2.91. The highest BCUT2D eigenvalue weighted by atomic mass is 35.5. The van der Waals surface area contributed by atoms with Crippen molar-refractivity contribution in [3.63, 3.8) is 0 Å². The molecule has 3 nitrogen and oxygen atoms in total. The van der Waals surface area contributed by atoms with Crippen molar-refractivity contribution in [2.24, 2.45) is 0 Å². The monoisotopic (exact) mass is 350 g/mol. The molecule has 0 aliphatic carbocycles. The molecule has 0 aliphatic heterocycles. The molecule has 0 saturated heterocycles. The van der Waals surface area contributed by atoms with Gasteiger partial charge in [-0.3, -0.25) is 9.59 Å². The Labute approximate surface area is 150 Å². The van der Waals surface area contributed by atoms with Crippen LogP contribution in [0.2, 0.25) is 5.02 Å². The quantitative estimate of drug-likeness (QED) is 0.598. The number of benzene rings is 3. The molecule has 3 aromatic carbocycles. The summed E-state index contributed by atoms with van der Waals surface area (Å²) in [5, 5.41) is 0.403. The normalized spacial score (nSPS) is 10.3. The summed E-state index contributed by atoms with van der Waals surface area (Å²) in [7, 11) is 0. The van der Waals surface area contributed by atoms with Crippen LogP contribution in [0.4, 0.5) is 0 Å². The maximum atomic E-state index is 12.3. The van der Waals surface area contributed by atoms with Gasteiger partial charge < -0.3 is 4.74 Å². The number of ether oxygens (including phenoxy) is 1. The van der Waals surface area contributed by atoms with Crippen molar-refractivity contribution in [3.05, 3.63) is 101 Å². The molecule has 0 heterocycles. The van der Waals surface area contributed by atoms with Gasteiger partial charge in [-0.25, -0.2) is 0 Å². The van der Waals surface area contributed by atoms with E-state index in [4.69, 9.17) is 16.3 Å². The molecule has 0 amide bonds. The first-order valence-electron chi connectivity index (χ1n) is 7.75. The Balaban J connectivity index is 1.64. The number of Topliss-reactive ketones (excluding diaryl/α,β-unsaturated/α-hetero) is 1. The standard InChI is InChI=1S/C21H15ClO3/c22-19-9-5-4-8-18(19)20(23)14-25-17-12-10-16(11-13-17)21(24)15-6-2-1-3-7-15/h1-13H,14H2. The van der Waals surface area contributed by atoms with E-state index in [0.717, 1.165) is 0 Å². The van der Waals surface area contributed by atoms with E-state index in [2.05, 4.69) is 0 Å². The van der Waals surface area contributed by atoms with Gasteiger partial charge in [0.25, 0.3) is 0 Å². The smallest absolute Gasteiger partial charge is 0.201 e. The van der Waals surface area contributed by atoms with E-state index in [1.807, 2.05) is 18.2 Å². The number of rotatable bonds is 6. The molecule has 3 aromatic rings. The first-order chi connectivity index (χ1) is 12.1. The van der Waals surface area contributed by atoms with Gasteiger partial charge in [-0.15, -0.1) is 0 Å². The fraction of sp³-hybridized carbons (Fsp3) is 0.0476. The van der Waals surface area contributed by atoms with Gasteiger partial charge in [0.05, 0.1) is 5.02 Å². The summed E-state index contributed by atoms with van der Waals surface area (Å²) in [5.74, 6) is 0.263. The van der Waals surface area contributed by atoms with Crippen molar-refractivity contribution in [2.75, 3.05) is 6.61 Å². The van der Waals surface area contributed by atoms with E-state index in [1.165, 1.54) is 0 Å². The number of halogens is 1. The van der Waals surface area contributed by atoms with Gasteiger partial charge in [0, 0.05) is 16.7 Å². The van der Waals surface area contributed by atoms with Crippen molar-refractivity contribution in [2.45, 2.75) is 0 Å². The van der Waals surface area contributed by atoms with Gasteiger partial charge >= 0.3 is 0 Å². The van der Waals surface area contributed by atoms with Crippen LogP contribution in [0.25, 0.3) is 0 Å². The molecule has 124 valence electrons. The third-order valence-electron chi connectivity index (χ3n) is 3.70. The van der Waals surface area contributed by atoms with Gasteiger partial charge in [0.2, 0.25) is 5.78 Å². The molecule has 0 aliphatic rings. The lowest BCUT2D eigenvalue weighted by Crippen LogP contribution is -2.12. The van der Waals surface area contributed by atoms with E-state index in [0.29, 0.717) is 27.5 Å². The molecule has 0 saturated carbocycles.